The highest BCUT2D eigenvalue weighted by molar-refractivity contribution is 6.30. The van der Waals surface area contributed by atoms with E-state index < -0.39 is 0 Å². The SMILES string of the molecule is Fc1cc(Cl)cc(CNc2ccc3c(c2)CCC3)c1. The van der Waals surface area contributed by atoms with Crippen LogP contribution in [0, 0.1) is 5.82 Å². The Morgan fingerprint density at radius 1 is 1.05 bits per heavy atom. The fourth-order valence-corrected chi connectivity index (χ4v) is 2.84. The van der Waals surface area contributed by atoms with Crippen molar-refractivity contribution in [2.24, 2.45) is 0 Å². The summed E-state index contributed by atoms with van der Waals surface area (Å²) >= 11 is 5.84. The molecule has 0 heterocycles. The minimum Gasteiger partial charge on any atom is -0.381 e. The van der Waals surface area contributed by atoms with Crippen molar-refractivity contribution in [1.82, 2.24) is 0 Å². The molecule has 3 rings (SSSR count). The molecule has 1 aliphatic carbocycles. The van der Waals surface area contributed by atoms with Gasteiger partial charge >= 0.3 is 0 Å². The van der Waals surface area contributed by atoms with Gasteiger partial charge in [-0.1, -0.05) is 17.7 Å². The van der Waals surface area contributed by atoms with Crippen LogP contribution in [0.25, 0.3) is 0 Å². The standard InChI is InChI=1S/C16H15ClFN/c17-14-6-11(7-15(18)9-14)10-19-16-5-4-12-2-1-3-13(12)8-16/h4-9,19H,1-3,10H2. The number of fused-ring (bicyclic) bond motifs is 1. The molecule has 0 saturated carbocycles. The first-order valence-corrected chi connectivity index (χ1v) is 6.89. The van der Waals surface area contributed by atoms with Crippen LogP contribution in [0.5, 0.6) is 0 Å². The number of nitrogens with one attached hydrogen (secondary N) is 1. The second-order valence-electron chi connectivity index (χ2n) is 4.97. The quantitative estimate of drug-likeness (QED) is 0.864. The van der Waals surface area contributed by atoms with Crippen molar-refractivity contribution in [2.75, 3.05) is 5.32 Å². The van der Waals surface area contributed by atoms with Crippen molar-refractivity contribution >= 4 is 17.3 Å². The van der Waals surface area contributed by atoms with Gasteiger partial charge in [-0.15, -0.1) is 0 Å². The Kier molecular flexibility index (Phi) is 3.43. The molecule has 0 spiro atoms. The summed E-state index contributed by atoms with van der Waals surface area (Å²) < 4.78 is 13.2. The molecule has 1 nitrogen and oxygen atoms in total. The number of halogens is 2. The summed E-state index contributed by atoms with van der Waals surface area (Å²) in [5, 5.41) is 3.76. The van der Waals surface area contributed by atoms with Gasteiger partial charge < -0.3 is 5.32 Å². The molecule has 1 N–H and O–H groups in total. The zero-order valence-electron chi connectivity index (χ0n) is 10.5. The Bertz CT molecular complexity index is 589. The zero-order valence-corrected chi connectivity index (χ0v) is 11.3. The van der Waals surface area contributed by atoms with Crippen LogP contribution in [0.3, 0.4) is 0 Å². The van der Waals surface area contributed by atoms with Gasteiger partial charge in [-0.25, -0.2) is 4.39 Å². The van der Waals surface area contributed by atoms with E-state index in [1.807, 2.05) is 0 Å². The maximum atomic E-state index is 13.2. The summed E-state index contributed by atoms with van der Waals surface area (Å²) in [5.74, 6) is -0.293. The van der Waals surface area contributed by atoms with E-state index >= 15 is 0 Å². The Morgan fingerprint density at radius 2 is 1.89 bits per heavy atom. The number of benzene rings is 2. The first-order chi connectivity index (χ1) is 9.20. The third-order valence-corrected chi connectivity index (χ3v) is 3.74. The molecule has 0 fully saturated rings. The highest BCUT2D eigenvalue weighted by Crippen LogP contribution is 2.25. The largest absolute Gasteiger partial charge is 0.381 e. The van der Waals surface area contributed by atoms with Crippen LogP contribution in [0.4, 0.5) is 10.1 Å². The zero-order chi connectivity index (χ0) is 13.2. The monoisotopic (exact) mass is 275 g/mol. The van der Waals surface area contributed by atoms with E-state index in [0.717, 1.165) is 17.7 Å². The normalized spacial score (nSPS) is 13.4. The van der Waals surface area contributed by atoms with Crippen molar-refractivity contribution in [3.63, 3.8) is 0 Å². The Balaban J connectivity index is 1.72. The molecule has 0 bridgehead atoms. The maximum Gasteiger partial charge on any atom is 0.125 e. The molecule has 3 heteroatoms. The van der Waals surface area contributed by atoms with Gasteiger partial charge in [-0.05, 0) is 66.3 Å². The lowest BCUT2D eigenvalue weighted by molar-refractivity contribution is 0.626. The lowest BCUT2D eigenvalue weighted by atomic mass is 10.1. The Morgan fingerprint density at radius 3 is 2.74 bits per heavy atom. The van der Waals surface area contributed by atoms with Crippen LogP contribution >= 0.6 is 11.6 Å². The minimum absolute atomic E-state index is 0.293. The van der Waals surface area contributed by atoms with E-state index in [4.69, 9.17) is 11.6 Å². The molecule has 2 aromatic carbocycles. The van der Waals surface area contributed by atoms with Gasteiger partial charge in [0.15, 0.2) is 0 Å². The van der Waals surface area contributed by atoms with Crippen molar-refractivity contribution in [3.8, 4) is 0 Å². The summed E-state index contributed by atoms with van der Waals surface area (Å²) in [7, 11) is 0. The number of hydrogen-bond donors (Lipinski definition) is 1. The number of hydrogen-bond acceptors (Lipinski definition) is 1. The van der Waals surface area contributed by atoms with Gasteiger partial charge in [-0.2, -0.15) is 0 Å². The Hall–Kier alpha value is -1.54. The molecular formula is C16H15ClFN. The van der Waals surface area contributed by atoms with Crippen molar-refractivity contribution in [2.45, 2.75) is 25.8 Å². The molecule has 0 atom stereocenters. The van der Waals surface area contributed by atoms with Crippen LogP contribution in [0.2, 0.25) is 5.02 Å². The third kappa shape index (κ3) is 2.90. The highest BCUT2D eigenvalue weighted by atomic mass is 35.5. The van der Waals surface area contributed by atoms with Crippen molar-refractivity contribution in [3.05, 3.63) is 63.9 Å². The van der Waals surface area contributed by atoms with E-state index in [9.17, 15) is 4.39 Å². The minimum atomic E-state index is -0.293. The molecule has 0 unspecified atom stereocenters. The second kappa shape index (κ2) is 5.22. The summed E-state index contributed by atoms with van der Waals surface area (Å²) in [5.41, 5.74) is 4.83. The first-order valence-electron chi connectivity index (χ1n) is 6.51. The molecule has 0 aliphatic heterocycles. The first kappa shape index (κ1) is 12.5. The molecule has 2 aromatic rings. The van der Waals surface area contributed by atoms with E-state index in [2.05, 4.69) is 23.5 Å². The van der Waals surface area contributed by atoms with Crippen LogP contribution < -0.4 is 5.32 Å². The van der Waals surface area contributed by atoms with Gasteiger partial charge in [0, 0.05) is 17.3 Å². The summed E-state index contributed by atoms with van der Waals surface area (Å²) in [6.45, 7) is 0.580. The molecule has 0 saturated heterocycles. The van der Waals surface area contributed by atoms with Gasteiger partial charge in [0.05, 0.1) is 0 Å². The highest BCUT2D eigenvalue weighted by Gasteiger charge is 2.10. The topological polar surface area (TPSA) is 12.0 Å². The predicted molar refractivity (Wildman–Crippen MR) is 77.2 cm³/mol. The fraction of sp³-hybridized carbons (Fsp3) is 0.250. The molecule has 0 amide bonds. The van der Waals surface area contributed by atoms with E-state index in [0.29, 0.717) is 11.6 Å². The fourth-order valence-electron chi connectivity index (χ4n) is 2.60. The lowest BCUT2D eigenvalue weighted by Crippen LogP contribution is -2.00. The van der Waals surface area contributed by atoms with Crippen molar-refractivity contribution < 1.29 is 4.39 Å². The average molecular weight is 276 g/mol. The molecule has 19 heavy (non-hydrogen) atoms. The summed E-state index contributed by atoms with van der Waals surface area (Å²) in [6, 6.07) is 11.1. The van der Waals surface area contributed by atoms with E-state index in [-0.39, 0.29) is 5.82 Å². The average Bonchev–Trinajstić information content (AvgIpc) is 2.82. The van der Waals surface area contributed by atoms with Crippen LogP contribution in [-0.2, 0) is 19.4 Å². The van der Waals surface area contributed by atoms with Crippen LogP contribution in [-0.4, -0.2) is 0 Å². The Labute approximate surface area is 117 Å². The summed E-state index contributed by atoms with van der Waals surface area (Å²) in [4.78, 5) is 0. The van der Waals surface area contributed by atoms with Gasteiger partial charge in [0.2, 0.25) is 0 Å². The smallest absolute Gasteiger partial charge is 0.125 e. The number of anilines is 1. The molecule has 1 aliphatic rings. The van der Waals surface area contributed by atoms with Crippen molar-refractivity contribution in [1.29, 1.82) is 0 Å². The predicted octanol–water partition coefficient (Wildman–Crippen LogP) is 4.58. The molecule has 98 valence electrons. The third-order valence-electron chi connectivity index (χ3n) is 3.52. The van der Waals surface area contributed by atoms with Gasteiger partial charge in [0.1, 0.15) is 5.82 Å². The van der Waals surface area contributed by atoms with E-state index in [1.54, 1.807) is 6.07 Å². The van der Waals surface area contributed by atoms with Crippen LogP contribution in [0.15, 0.2) is 36.4 Å². The molecule has 0 radical (unpaired) electrons. The lowest BCUT2D eigenvalue weighted by Gasteiger charge is -2.09. The summed E-state index contributed by atoms with van der Waals surface area (Å²) in [6.07, 6.45) is 3.60. The van der Waals surface area contributed by atoms with Crippen LogP contribution in [0.1, 0.15) is 23.1 Å². The molecule has 0 aromatic heterocycles. The second-order valence-corrected chi connectivity index (χ2v) is 5.40. The van der Waals surface area contributed by atoms with Gasteiger partial charge in [-0.3, -0.25) is 0 Å². The van der Waals surface area contributed by atoms with Gasteiger partial charge in [0.25, 0.3) is 0 Å². The molecular weight excluding hydrogens is 261 g/mol. The maximum absolute atomic E-state index is 13.2. The number of rotatable bonds is 3. The number of aryl methyl sites for hydroxylation is 2. The van der Waals surface area contributed by atoms with E-state index in [1.165, 1.54) is 36.1 Å².